The molecule has 0 aliphatic heterocycles. The van der Waals surface area contributed by atoms with Crippen molar-refractivity contribution < 1.29 is 9.59 Å². The molecule has 136 valence electrons. The quantitative estimate of drug-likeness (QED) is 0.732. The predicted octanol–water partition coefficient (Wildman–Crippen LogP) is 3.91. The Morgan fingerprint density at radius 3 is 2.38 bits per heavy atom. The second-order valence-electron chi connectivity index (χ2n) is 6.90. The van der Waals surface area contributed by atoms with Gasteiger partial charge in [-0.05, 0) is 37.1 Å². The Labute approximate surface area is 153 Å². The minimum atomic E-state index is -0.555. The summed E-state index contributed by atoms with van der Waals surface area (Å²) in [6.45, 7) is 8.26. The number of nitrogens with zero attached hydrogens (tertiary/aromatic N) is 1. The summed E-state index contributed by atoms with van der Waals surface area (Å²) in [6, 6.07) is 13.7. The van der Waals surface area contributed by atoms with Crippen LogP contribution in [0.25, 0.3) is 21.8 Å². The van der Waals surface area contributed by atoms with E-state index in [4.69, 9.17) is 0 Å². The van der Waals surface area contributed by atoms with Crippen LogP contribution in [0, 0.1) is 5.92 Å². The number of rotatable bonds is 5. The standard InChI is InChI=1S/C21H25N3O2/c1-5-24-18-9-7-6-8-16(18)17-12-15(10-11-19(17)24)23-21(26)20(13(2)3)22-14(4)25/h6-13,20H,5H2,1-4H3,(H,22,25)(H,23,26). The van der Waals surface area contributed by atoms with Gasteiger partial charge in [-0.2, -0.15) is 0 Å². The van der Waals surface area contributed by atoms with Gasteiger partial charge in [0, 0.05) is 41.0 Å². The lowest BCUT2D eigenvalue weighted by Gasteiger charge is -2.21. The van der Waals surface area contributed by atoms with Crippen molar-refractivity contribution in [1.29, 1.82) is 0 Å². The number of carbonyl (C=O) groups excluding carboxylic acids is 2. The normalized spacial score (nSPS) is 12.5. The van der Waals surface area contributed by atoms with E-state index in [2.05, 4.69) is 34.3 Å². The van der Waals surface area contributed by atoms with Gasteiger partial charge in [-0.15, -0.1) is 0 Å². The van der Waals surface area contributed by atoms with Crippen molar-refractivity contribution >= 4 is 39.3 Å². The van der Waals surface area contributed by atoms with Crippen LogP contribution in [0.5, 0.6) is 0 Å². The highest BCUT2D eigenvalue weighted by atomic mass is 16.2. The van der Waals surface area contributed by atoms with Crippen molar-refractivity contribution in [3.05, 3.63) is 42.5 Å². The summed E-state index contributed by atoms with van der Waals surface area (Å²) in [4.78, 5) is 24.0. The molecule has 3 aromatic rings. The van der Waals surface area contributed by atoms with Crippen LogP contribution in [0.3, 0.4) is 0 Å². The lowest BCUT2D eigenvalue weighted by Crippen LogP contribution is -2.46. The van der Waals surface area contributed by atoms with Crippen LogP contribution in [0.1, 0.15) is 27.7 Å². The minimum absolute atomic E-state index is 0.00429. The molecule has 5 nitrogen and oxygen atoms in total. The zero-order valence-corrected chi connectivity index (χ0v) is 15.7. The van der Waals surface area contributed by atoms with Gasteiger partial charge in [-0.1, -0.05) is 32.0 Å². The highest BCUT2D eigenvalue weighted by Crippen LogP contribution is 2.31. The van der Waals surface area contributed by atoms with E-state index in [1.165, 1.54) is 17.8 Å². The van der Waals surface area contributed by atoms with Gasteiger partial charge in [0.25, 0.3) is 0 Å². The number of aromatic nitrogens is 1. The molecule has 2 amide bonds. The van der Waals surface area contributed by atoms with Gasteiger partial charge < -0.3 is 15.2 Å². The molecule has 0 fully saturated rings. The van der Waals surface area contributed by atoms with Gasteiger partial charge in [0.1, 0.15) is 6.04 Å². The number of carbonyl (C=O) groups is 2. The topological polar surface area (TPSA) is 63.1 Å². The van der Waals surface area contributed by atoms with Gasteiger partial charge in [0.2, 0.25) is 11.8 Å². The molecule has 2 N–H and O–H groups in total. The number of para-hydroxylation sites is 1. The van der Waals surface area contributed by atoms with E-state index < -0.39 is 6.04 Å². The fraction of sp³-hybridized carbons (Fsp3) is 0.333. The molecule has 1 atom stereocenters. The monoisotopic (exact) mass is 351 g/mol. The highest BCUT2D eigenvalue weighted by molar-refractivity contribution is 6.10. The first-order valence-electron chi connectivity index (χ1n) is 9.01. The van der Waals surface area contributed by atoms with Gasteiger partial charge >= 0.3 is 0 Å². The number of fused-ring (bicyclic) bond motifs is 3. The molecular formula is C21H25N3O2. The molecule has 2 aromatic carbocycles. The Balaban J connectivity index is 1.98. The van der Waals surface area contributed by atoms with Crippen molar-refractivity contribution in [2.45, 2.75) is 40.3 Å². The van der Waals surface area contributed by atoms with E-state index >= 15 is 0 Å². The van der Waals surface area contributed by atoms with E-state index in [0.717, 1.165) is 23.1 Å². The smallest absolute Gasteiger partial charge is 0.247 e. The van der Waals surface area contributed by atoms with E-state index in [1.54, 1.807) is 0 Å². The summed E-state index contributed by atoms with van der Waals surface area (Å²) in [7, 11) is 0. The predicted molar refractivity (Wildman–Crippen MR) is 106 cm³/mol. The van der Waals surface area contributed by atoms with Gasteiger partial charge in [-0.25, -0.2) is 0 Å². The SMILES string of the molecule is CCn1c2ccccc2c2cc(NC(=O)C(NC(C)=O)C(C)C)ccc21. The van der Waals surface area contributed by atoms with E-state index in [-0.39, 0.29) is 17.7 Å². The van der Waals surface area contributed by atoms with Gasteiger partial charge in [-0.3, -0.25) is 9.59 Å². The second-order valence-corrected chi connectivity index (χ2v) is 6.90. The highest BCUT2D eigenvalue weighted by Gasteiger charge is 2.23. The van der Waals surface area contributed by atoms with Gasteiger partial charge in [0.05, 0.1) is 0 Å². The molecular weight excluding hydrogens is 326 g/mol. The van der Waals surface area contributed by atoms with Crippen LogP contribution in [0.15, 0.2) is 42.5 Å². The molecule has 0 bridgehead atoms. The lowest BCUT2D eigenvalue weighted by molar-refractivity contribution is -0.126. The third-order valence-electron chi connectivity index (χ3n) is 4.66. The zero-order chi connectivity index (χ0) is 18.8. The number of nitrogens with one attached hydrogen (secondary N) is 2. The maximum atomic E-state index is 12.6. The van der Waals surface area contributed by atoms with Crippen molar-refractivity contribution in [3.8, 4) is 0 Å². The number of amides is 2. The summed E-state index contributed by atoms with van der Waals surface area (Å²) in [5, 5.41) is 7.96. The summed E-state index contributed by atoms with van der Waals surface area (Å²) >= 11 is 0. The molecule has 0 aliphatic rings. The molecule has 5 heteroatoms. The number of aryl methyl sites for hydroxylation is 1. The van der Waals surface area contributed by atoms with Crippen molar-refractivity contribution in [2.75, 3.05) is 5.32 Å². The fourth-order valence-electron chi connectivity index (χ4n) is 3.45. The molecule has 26 heavy (non-hydrogen) atoms. The second kappa shape index (κ2) is 7.20. The fourth-order valence-corrected chi connectivity index (χ4v) is 3.45. The Kier molecular flexibility index (Phi) is 4.98. The molecule has 0 saturated heterocycles. The number of benzene rings is 2. The number of anilines is 1. The third kappa shape index (κ3) is 3.29. The van der Waals surface area contributed by atoms with Crippen LogP contribution in [0.4, 0.5) is 5.69 Å². The Morgan fingerprint density at radius 1 is 1.04 bits per heavy atom. The van der Waals surface area contributed by atoms with Crippen molar-refractivity contribution in [1.82, 2.24) is 9.88 Å². The Bertz CT molecular complexity index is 972. The van der Waals surface area contributed by atoms with Crippen LogP contribution >= 0.6 is 0 Å². The largest absolute Gasteiger partial charge is 0.344 e. The maximum Gasteiger partial charge on any atom is 0.247 e. The van der Waals surface area contributed by atoms with Crippen LogP contribution in [0.2, 0.25) is 0 Å². The zero-order valence-electron chi connectivity index (χ0n) is 15.7. The summed E-state index contributed by atoms with van der Waals surface area (Å²) in [5.74, 6) is -0.404. The van der Waals surface area contributed by atoms with Crippen molar-refractivity contribution in [2.24, 2.45) is 5.92 Å². The molecule has 0 saturated carbocycles. The van der Waals surface area contributed by atoms with Crippen LogP contribution < -0.4 is 10.6 Å². The average molecular weight is 351 g/mol. The summed E-state index contributed by atoms with van der Waals surface area (Å²) < 4.78 is 2.27. The number of hydrogen-bond acceptors (Lipinski definition) is 2. The maximum absolute atomic E-state index is 12.6. The molecule has 1 aromatic heterocycles. The molecule has 0 spiro atoms. The first kappa shape index (κ1) is 18.0. The first-order chi connectivity index (χ1) is 12.4. The van der Waals surface area contributed by atoms with Crippen LogP contribution in [-0.4, -0.2) is 22.4 Å². The van der Waals surface area contributed by atoms with E-state index in [9.17, 15) is 9.59 Å². The average Bonchev–Trinajstić information content (AvgIpc) is 2.92. The number of hydrogen-bond donors (Lipinski definition) is 2. The molecule has 0 aliphatic carbocycles. The third-order valence-corrected chi connectivity index (χ3v) is 4.66. The molecule has 1 heterocycles. The van der Waals surface area contributed by atoms with Crippen LogP contribution in [-0.2, 0) is 16.1 Å². The Hall–Kier alpha value is -2.82. The van der Waals surface area contributed by atoms with Gasteiger partial charge in [0.15, 0.2) is 0 Å². The van der Waals surface area contributed by atoms with E-state index in [0.29, 0.717) is 0 Å². The minimum Gasteiger partial charge on any atom is -0.344 e. The summed E-state index contributed by atoms with van der Waals surface area (Å²) in [5.41, 5.74) is 3.07. The van der Waals surface area contributed by atoms with E-state index in [1.807, 2.05) is 44.2 Å². The van der Waals surface area contributed by atoms with Crippen molar-refractivity contribution in [3.63, 3.8) is 0 Å². The molecule has 3 rings (SSSR count). The first-order valence-corrected chi connectivity index (χ1v) is 9.01. The molecule has 1 unspecified atom stereocenters. The lowest BCUT2D eigenvalue weighted by atomic mass is 10.0. The Morgan fingerprint density at radius 2 is 1.73 bits per heavy atom. The summed E-state index contributed by atoms with van der Waals surface area (Å²) in [6.07, 6.45) is 0. The molecule has 0 radical (unpaired) electrons.